The fourth-order valence-electron chi connectivity index (χ4n) is 6.67. The molecule has 3 aliphatic rings. The van der Waals surface area contributed by atoms with E-state index in [-0.39, 0.29) is 29.0 Å². The number of rotatable bonds is 3. The van der Waals surface area contributed by atoms with Crippen molar-refractivity contribution in [2.45, 2.75) is 90.4 Å². The summed E-state index contributed by atoms with van der Waals surface area (Å²) in [5.41, 5.74) is -1.61. The Morgan fingerprint density at radius 1 is 1.13 bits per heavy atom. The molecule has 0 aromatic carbocycles. The topological polar surface area (TPSA) is 103 Å². The molecule has 1 heterocycles. The second-order valence-electron chi connectivity index (χ2n) is 10.4. The third kappa shape index (κ3) is 2.85. The molecule has 7 heteroatoms. The van der Waals surface area contributed by atoms with Gasteiger partial charge in [0.2, 0.25) is 5.78 Å². The molecule has 0 radical (unpaired) electrons. The number of fused-ring (bicyclic) bond motifs is 2. The van der Waals surface area contributed by atoms with E-state index >= 15 is 0 Å². The number of esters is 2. The Hall–Kier alpha value is -2.15. The Kier molecular flexibility index (Phi) is 4.93. The van der Waals surface area contributed by atoms with Crippen molar-refractivity contribution in [2.24, 2.45) is 17.3 Å². The number of furan rings is 1. The normalized spacial score (nSPS) is 39.0. The van der Waals surface area contributed by atoms with Gasteiger partial charge in [-0.1, -0.05) is 27.7 Å². The van der Waals surface area contributed by atoms with Crippen molar-refractivity contribution in [1.82, 2.24) is 0 Å². The van der Waals surface area contributed by atoms with Crippen LogP contribution in [0.4, 0.5) is 0 Å². The summed E-state index contributed by atoms with van der Waals surface area (Å²) in [6.07, 6.45) is 2.75. The molecule has 31 heavy (non-hydrogen) atoms. The predicted molar refractivity (Wildman–Crippen MR) is 110 cm³/mol. The highest BCUT2D eigenvalue weighted by atomic mass is 16.6. The highest BCUT2D eigenvalue weighted by Gasteiger charge is 2.72. The van der Waals surface area contributed by atoms with Crippen LogP contribution in [-0.4, -0.2) is 28.9 Å². The summed E-state index contributed by atoms with van der Waals surface area (Å²) in [5, 5.41) is 12.2. The molecule has 4 rings (SSSR count). The second kappa shape index (κ2) is 6.92. The number of ketones is 1. The minimum absolute atomic E-state index is 0.00603. The molecular weight excluding hydrogens is 400 g/mol. The highest BCUT2D eigenvalue weighted by Crippen LogP contribution is 2.65. The standard InChI is InChI=1S/C24H32O7/c1-12(2)17-19(31-14(4)26)20(27)24(28)21-18-15(11-29-21)16(30-13(3)25)7-8-22(18,5)9-10-23(17,24)6/h11-12,16-17,19,28H,7-10H2,1-6H3/t16-,17-,19+,22-,23+,24+/m0/s1. The van der Waals surface area contributed by atoms with Crippen LogP contribution >= 0.6 is 0 Å². The van der Waals surface area contributed by atoms with Crippen LogP contribution in [-0.2, 0) is 34.9 Å². The van der Waals surface area contributed by atoms with Gasteiger partial charge in [-0.3, -0.25) is 14.4 Å². The molecule has 1 fully saturated rings. The van der Waals surface area contributed by atoms with Gasteiger partial charge in [0, 0.05) is 36.3 Å². The Balaban J connectivity index is 1.94. The van der Waals surface area contributed by atoms with Gasteiger partial charge in [0.25, 0.3) is 0 Å². The maximum atomic E-state index is 13.7. The fraction of sp³-hybridized carbons (Fsp3) is 0.708. The lowest BCUT2D eigenvalue weighted by atomic mass is 9.64. The van der Waals surface area contributed by atoms with E-state index in [0.29, 0.717) is 12.8 Å². The minimum Gasteiger partial charge on any atom is -0.465 e. The Morgan fingerprint density at radius 3 is 2.35 bits per heavy atom. The lowest BCUT2D eigenvalue weighted by Crippen LogP contribution is -2.46. The molecule has 0 aliphatic heterocycles. The number of hydrogen-bond donors (Lipinski definition) is 1. The number of aliphatic hydroxyl groups is 1. The van der Waals surface area contributed by atoms with Crippen LogP contribution < -0.4 is 0 Å². The van der Waals surface area contributed by atoms with E-state index in [1.807, 2.05) is 20.8 Å². The van der Waals surface area contributed by atoms with Gasteiger partial charge in [-0.15, -0.1) is 0 Å². The van der Waals surface area contributed by atoms with Gasteiger partial charge in [-0.2, -0.15) is 0 Å². The molecule has 0 bridgehead atoms. The SMILES string of the molecule is CC(=O)O[C@H]1CC[C@@]2(C)CC[C@]3(C)[C@@H](C(C)C)[C@@H](OC(C)=O)C(=O)[C@@]3(O)c3occ1c32. The summed E-state index contributed by atoms with van der Waals surface area (Å²) < 4.78 is 17.0. The average Bonchev–Trinajstić information content (AvgIpc) is 3.16. The first-order valence-electron chi connectivity index (χ1n) is 11.1. The van der Waals surface area contributed by atoms with Crippen molar-refractivity contribution >= 4 is 17.7 Å². The van der Waals surface area contributed by atoms with E-state index in [0.717, 1.165) is 24.0 Å². The minimum atomic E-state index is -1.93. The lowest BCUT2D eigenvalue weighted by molar-refractivity contribution is -0.159. The quantitative estimate of drug-likeness (QED) is 0.726. The summed E-state index contributed by atoms with van der Waals surface area (Å²) >= 11 is 0. The van der Waals surface area contributed by atoms with Crippen molar-refractivity contribution in [1.29, 1.82) is 0 Å². The molecular formula is C24H32O7. The summed E-state index contributed by atoms with van der Waals surface area (Å²) in [4.78, 5) is 37.2. The Labute approximate surface area is 182 Å². The molecule has 1 aromatic heterocycles. The smallest absolute Gasteiger partial charge is 0.303 e. The molecule has 0 saturated heterocycles. The summed E-state index contributed by atoms with van der Waals surface area (Å²) in [6, 6.07) is 0. The summed E-state index contributed by atoms with van der Waals surface area (Å²) in [7, 11) is 0. The van der Waals surface area contributed by atoms with Gasteiger partial charge in [0.05, 0.1) is 6.26 Å². The second-order valence-corrected chi connectivity index (χ2v) is 10.4. The van der Waals surface area contributed by atoms with E-state index in [9.17, 15) is 19.5 Å². The van der Waals surface area contributed by atoms with Crippen LogP contribution in [0, 0.1) is 17.3 Å². The molecule has 6 atom stereocenters. The Bertz CT molecular complexity index is 946. The van der Waals surface area contributed by atoms with Crippen molar-refractivity contribution in [3.05, 3.63) is 23.2 Å². The molecule has 3 aliphatic carbocycles. The lowest BCUT2D eigenvalue weighted by Gasteiger charge is -2.41. The van der Waals surface area contributed by atoms with Gasteiger partial charge in [0.1, 0.15) is 11.9 Å². The first-order valence-corrected chi connectivity index (χ1v) is 11.1. The van der Waals surface area contributed by atoms with Crippen LogP contribution in [0.3, 0.4) is 0 Å². The monoisotopic (exact) mass is 432 g/mol. The predicted octanol–water partition coefficient (Wildman–Crippen LogP) is 3.71. The first-order chi connectivity index (χ1) is 14.4. The average molecular weight is 433 g/mol. The van der Waals surface area contributed by atoms with E-state index in [4.69, 9.17) is 13.9 Å². The van der Waals surface area contributed by atoms with Crippen molar-refractivity contribution < 1.29 is 33.4 Å². The van der Waals surface area contributed by atoms with E-state index in [2.05, 4.69) is 6.92 Å². The number of ether oxygens (including phenoxy) is 2. The molecule has 0 amide bonds. The van der Waals surface area contributed by atoms with Gasteiger partial charge in [0.15, 0.2) is 11.7 Å². The molecule has 7 nitrogen and oxygen atoms in total. The largest absolute Gasteiger partial charge is 0.465 e. The van der Waals surface area contributed by atoms with E-state index < -0.39 is 35.0 Å². The molecule has 1 aromatic rings. The number of carbonyl (C=O) groups is 3. The van der Waals surface area contributed by atoms with Gasteiger partial charge >= 0.3 is 11.9 Å². The zero-order valence-corrected chi connectivity index (χ0v) is 19.1. The third-order valence-corrected chi connectivity index (χ3v) is 8.08. The number of Topliss-reactive ketones (excluding diaryl/α,β-unsaturated/α-hetero) is 1. The maximum Gasteiger partial charge on any atom is 0.303 e. The van der Waals surface area contributed by atoms with Crippen LogP contribution in [0.1, 0.15) is 90.2 Å². The molecule has 0 spiro atoms. The van der Waals surface area contributed by atoms with Crippen LogP contribution in [0.2, 0.25) is 0 Å². The highest BCUT2D eigenvalue weighted by molar-refractivity contribution is 5.97. The molecule has 1 saturated carbocycles. The maximum absolute atomic E-state index is 13.7. The van der Waals surface area contributed by atoms with Crippen molar-refractivity contribution in [3.8, 4) is 0 Å². The van der Waals surface area contributed by atoms with Crippen LogP contribution in [0.15, 0.2) is 10.7 Å². The number of hydrogen-bond acceptors (Lipinski definition) is 7. The van der Waals surface area contributed by atoms with E-state index in [1.165, 1.54) is 20.1 Å². The summed E-state index contributed by atoms with van der Waals surface area (Å²) in [6.45, 7) is 10.7. The molecule has 1 N–H and O–H groups in total. The van der Waals surface area contributed by atoms with Crippen LogP contribution in [0.5, 0.6) is 0 Å². The zero-order valence-electron chi connectivity index (χ0n) is 19.1. The van der Waals surface area contributed by atoms with Gasteiger partial charge < -0.3 is 19.0 Å². The summed E-state index contributed by atoms with van der Waals surface area (Å²) in [5.74, 6) is -1.59. The van der Waals surface area contributed by atoms with Gasteiger partial charge in [-0.05, 0) is 37.0 Å². The van der Waals surface area contributed by atoms with Crippen molar-refractivity contribution in [2.75, 3.05) is 0 Å². The molecule has 0 unspecified atom stereocenters. The van der Waals surface area contributed by atoms with Crippen LogP contribution in [0.25, 0.3) is 0 Å². The van der Waals surface area contributed by atoms with Gasteiger partial charge in [-0.25, -0.2) is 0 Å². The third-order valence-electron chi connectivity index (χ3n) is 8.08. The zero-order chi connectivity index (χ0) is 22.9. The first kappa shape index (κ1) is 22.1. The Morgan fingerprint density at radius 2 is 1.77 bits per heavy atom. The van der Waals surface area contributed by atoms with E-state index in [1.54, 1.807) is 0 Å². The van der Waals surface area contributed by atoms with Crippen molar-refractivity contribution in [3.63, 3.8) is 0 Å². The number of carbonyl (C=O) groups excluding carboxylic acids is 3. The fourth-order valence-corrected chi connectivity index (χ4v) is 6.67. The molecule has 170 valence electrons.